The molecule has 0 N–H and O–H groups in total. The lowest BCUT2D eigenvalue weighted by molar-refractivity contribution is 0.270. The standard InChI is InChI=1S/C16H28N6/c1-4-20-7-11-22(12-8-20)16-17-14(2)13-15(18-16)21-9-5-19(3)6-10-21/h13H,4-12H2,1-3H3. The van der Waals surface area contributed by atoms with Gasteiger partial charge in [-0.15, -0.1) is 0 Å². The largest absolute Gasteiger partial charge is 0.354 e. The van der Waals surface area contributed by atoms with Gasteiger partial charge in [-0.1, -0.05) is 6.92 Å². The zero-order valence-corrected chi connectivity index (χ0v) is 14.1. The summed E-state index contributed by atoms with van der Waals surface area (Å²) in [6.07, 6.45) is 0. The summed E-state index contributed by atoms with van der Waals surface area (Å²) in [5.41, 5.74) is 1.07. The highest BCUT2D eigenvalue weighted by molar-refractivity contribution is 5.46. The van der Waals surface area contributed by atoms with Crippen molar-refractivity contribution in [2.75, 3.05) is 75.8 Å². The van der Waals surface area contributed by atoms with Crippen LogP contribution in [0.1, 0.15) is 12.6 Å². The van der Waals surface area contributed by atoms with Gasteiger partial charge in [0.2, 0.25) is 5.95 Å². The highest BCUT2D eigenvalue weighted by Crippen LogP contribution is 2.19. The molecule has 0 aromatic carbocycles. The van der Waals surface area contributed by atoms with Crippen LogP contribution in [0.15, 0.2) is 6.07 Å². The van der Waals surface area contributed by atoms with Crippen molar-refractivity contribution in [2.45, 2.75) is 13.8 Å². The number of nitrogens with zero attached hydrogens (tertiary/aromatic N) is 6. The quantitative estimate of drug-likeness (QED) is 0.818. The maximum atomic E-state index is 4.86. The second-order valence-corrected chi connectivity index (χ2v) is 6.38. The van der Waals surface area contributed by atoms with Gasteiger partial charge in [0.05, 0.1) is 0 Å². The zero-order valence-electron chi connectivity index (χ0n) is 14.1. The minimum Gasteiger partial charge on any atom is -0.354 e. The minimum atomic E-state index is 0.907. The Bertz CT molecular complexity index is 489. The van der Waals surface area contributed by atoms with Crippen LogP contribution in [0.5, 0.6) is 0 Å². The van der Waals surface area contributed by atoms with Gasteiger partial charge < -0.3 is 19.6 Å². The Morgan fingerprint density at radius 2 is 1.55 bits per heavy atom. The first-order chi connectivity index (χ1) is 10.7. The van der Waals surface area contributed by atoms with Crippen LogP contribution in [0.25, 0.3) is 0 Å². The van der Waals surface area contributed by atoms with Crippen molar-refractivity contribution < 1.29 is 0 Å². The number of anilines is 2. The molecule has 122 valence electrons. The van der Waals surface area contributed by atoms with E-state index in [-0.39, 0.29) is 0 Å². The lowest BCUT2D eigenvalue weighted by atomic mass is 10.3. The van der Waals surface area contributed by atoms with Gasteiger partial charge in [-0.2, -0.15) is 4.98 Å². The summed E-state index contributed by atoms with van der Waals surface area (Å²) in [7, 11) is 2.18. The highest BCUT2D eigenvalue weighted by atomic mass is 15.3. The molecule has 2 aliphatic rings. The third-order valence-electron chi connectivity index (χ3n) is 4.76. The molecule has 2 fully saturated rings. The van der Waals surface area contributed by atoms with E-state index in [0.29, 0.717) is 0 Å². The topological polar surface area (TPSA) is 38.7 Å². The van der Waals surface area contributed by atoms with Crippen LogP contribution in [-0.2, 0) is 0 Å². The molecule has 6 nitrogen and oxygen atoms in total. The SMILES string of the molecule is CCN1CCN(c2nc(C)cc(N3CCN(C)CC3)n2)CC1. The number of hydrogen-bond acceptors (Lipinski definition) is 6. The van der Waals surface area contributed by atoms with Crippen LogP contribution >= 0.6 is 0 Å². The normalized spacial score (nSPS) is 21.4. The molecular formula is C16H28N6. The van der Waals surface area contributed by atoms with Gasteiger partial charge in [-0.05, 0) is 20.5 Å². The lowest BCUT2D eigenvalue weighted by Gasteiger charge is -2.36. The van der Waals surface area contributed by atoms with E-state index in [9.17, 15) is 0 Å². The van der Waals surface area contributed by atoms with Crippen molar-refractivity contribution in [3.8, 4) is 0 Å². The van der Waals surface area contributed by atoms with Crippen LogP contribution in [0.3, 0.4) is 0 Å². The van der Waals surface area contributed by atoms with Crippen LogP contribution < -0.4 is 9.80 Å². The number of aromatic nitrogens is 2. The maximum Gasteiger partial charge on any atom is 0.227 e. The zero-order chi connectivity index (χ0) is 15.5. The van der Waals surface area contributed by atoms with Gasteiger partial charge in [0.1, 0.15) is 5.82 Å². The molecule has 0 saturated carbocycles. The molecule has 0 radical (unpaired) electrons. The molecular weight excluding hydrogens is 276 g/mol. The Morgan fingerprint density at radius 3 is 2.18 bits per heavy atom. The second kappa shape index (κ2) is 6.79. The number of rotatable bonds is 3. The Hall–Kier alpha value is -1.40. The van der Waals surface area contributed by atoms with Crippen molar-refractivity contribution in [1.82, 2.24) is 19.8 Å². The van der Waals surface area contributed by atoms with E-state index in [0.717, 1.165) is 76.4 Å². The first-order valence-electron chi connectivity index (χ1n) is 8.42. The van der Waals surface area contributed by atoms with Gasteiger partial charge in [-0.3, -0.25) is 0 Å². The fraction of sp³-hybridized carbons (Fsp3) is 0.750. The monoisotopic (exact) mass is 304 g/mol. The van der Waals surface area contributed by atoms with Gasteiger partial charge in [0.15, 0.2) is 0 Å². The lowest BCUT2D eigenvalue weighted by Crippen LogP contribution is -2.47. The summed E-state index contributed by atoms with van der Waals surface area (Å²) >= 11 is 0. The van der Waals surface area contributed by atoms with E-state index >= 15 is 0 Å². The summed E-state index contributed by atoms with van der Waals surface area (Å²) < 4.78 is 0. The van der Waals surface area contributed by atoms with Crippen LogP contribution in [-0.4, -0.2) is 85.7 Å². The number of piperazine rings is 2. The van der Waals surface area contributed by atoms with Crippen molar-refractivity contribution >= 4 is 11.8 Å². The van der Waals surface area contributed by atoms with Gasteiger partial charge in [0.25, 0.3) is 0 Å². The van der Waals surface area contributed by atoms with Gasteiger partial charge >= 0.3 is 0 Å². The average molecular weight is 304 g/mol. The molecule has 0 bridgehead atoms. The highest BCUT2D eigenvalue weighted by Gasteiger charge is 2.21. The van der Waals surface area contributed by atoms with Crippen LogP contribution in [0.2, 0.25) is 0 Å². The first kappa shape index (κ1) is 15.5. The molecule has 3 rings (SSSR count). The van der Waals surface area contributed by atoms with Crippen molar-refractivity contribution in [2.24, 2.45) is 0 Å². The summed E-state index contributed by atoms with van der Waals surface area (Å²) in [6.45, 7) is 14.0. The van der Waals surface area contributed by atoms with Crippen molar-refractivity contribution in [3.63, 3.8) is 0 Å². The summed E-state index contributed by atoms with van der Waals surface area (Å²) in [5.74, 6) is 2.00. The molecule has 0 aliphatic carbocycles. The number of hydrogen-bond donors (Lipinski definition) is 0. The Labute approximate surface area is 133 Å². The molecule has 0 unspecified atom stereocenters. The van der Waals surface area contributed by atoms with E-state index in [1.165, 1.54) is 0 Å². The van der Waals surface area contributed by atoms with Gasteiger partial charge in [-0.25, -0.2) is 4.98 Å². The predicted octanol–water partition coefficient (Wildman–Crippen LogP) is 0.679. The fourth-order valence-corrected chi connectivity index (χ4v) is 3.14. The fourth-order valence-electron chi connectivity index (χ4n) is 3.14. The summed E-state index contributed by atoms with van der Waals surface area (Å²) in [5, 5.41) is 0. The molecule has 2 saturated heterocycles. The van der Waals surface area contributed by atoms with Crippen molar-refractivity contribution in [3.05, 3.63) is 11.8 Å². The summed E-state index contributed by atoms with van der Waals surface area (Å²) in [6, 6.07) is 2.12. The van der Waals surface area contributed by atoms with E-state index in [4.69, 9.17) is 4.98 Å². The number of likely N-dealkylation sites (N-methyl/N-ethyl adjacent to an activating group) is 2. The third-order valence-corrected chi connectivity index (χ3v) is 4.76. The minimum absolute atomic E-state index is 0.907. The second-order valence-electron chi connectivity index (χ2n) is 6.38. The van der Waals surface area contributed by atoms with E-state index in [1.807, 2.05) is 0 Å². The predicted molar refractivity (Wildman–Crippen MR) is 90.8 cm³/mol. The molecule has 3 heterocycles. The molecule has 1 aromatic heterocycles. The van der Waals surface area contributed by atoms with Crippen LogP contribution in [0.4, 0.5) is 11.8 Å². The Balaban J connectivity index is 1.73. The summed E-state index contributed by atoms with van der Waals surface area (Å²) in [4.78, 5) is 19.1. The van der Waals surface area contributed by atoms with Crippen molar-refractivity contribution in [1.29, 1.82) is 0 Å². The van der Waals surface area contributed by atoms with Gasteiger partial charge in [0, 0.05) is 64.1 Å². The molecule has 0 atom stereocenters. The Kier molecular flexibility index (Phi) is 4.78. The average Bonchev–Trinajstić information content (AvgIpc) is 2.55. The van der Waals surface area contributed by atoms with E-state index < -0.39 is 0 Å². The van der Waals surface area contributed by atoms with E-state index in [2.05, 4.69) is 51.5 Å². The smallest absolute Gasteiger partial charge is 0.227 e. The molecule has 2 aliphatic heterocycles. The first-order valence-corrected chi connectivity index (χ1v) is 8.42. The third kappa shape index (κ3) is 3.50. The van der Waals surface area contributed by atoms with Crippen LogP contribution in [0, 0.1) is 6.92 Å². The number of aryl methyl sites for hydroxylation is 1. The van der Waals surface area contributed by atoms with E-state index in [1.54, 1.807) is 0 Å². The molecule has 0 amide bonds. The molecule has 22 heavy (non-hydrogen) atoms. The Morgan fingerprint density at radius 1 is 0.909 bits per heavy atom. The maximum absolute atomic E-state index is 4.86. The molecule has 6 heteroatoms. The molecule has 0 spiro atoms. The molecule has 1 aromatic rings.